The van der Waals surface area contributed by atoms with Crippen molar-refractivity contribution in [3.63, 3.8) is 0 Å². The Morgan fingerprint density at radius 3 is 2.24 bits per heavy atom. The fourth-order valence-corrected chi connectivity index (χ4v) is 5.28. The summed E-state index contributed by atoms with van der Waals surface area (Å²) in [7, 11) is -3.78. The number of halogens is 3. The maximum atomic E-state index is 11.6. The molecule has 0 bridgehead atoms. The summed E-state index contributed by atoms with van der Waals surface area (Å²) in [6, 6.07) is 3.67. The molecule has 6 nitrogen and oxygen atoms in total. The van der Waals surface area contributed by atoms with Crippen LogP contribution >= 0.6 is 67.8 Å². The fourth-order valence-electron chi connectivity index (χ4n) is 1.09. The van der Waals surface area contributed by atoms with E-state index in [2.05, 4.69) is 27.0 Å². The predicted octanol–water partition coefficient (Wildman–Crippen LogP) is 1.68. The van der Waals surface area contributed by atoms with Gasteiger partial charge in [-0.1, -0.05) is 0 Å². The average molecular weight is 646 g/mol. The number of nitrogens with zero attached hydrogens (tertiary/aromatic N) is 1. The van der Waals surface area contributed by atoms with Gasteiger partial charge in [0.15, 0.2) is 5.75 Å². The molecule has 0 unspecified atom stereocenters. The molecule has 0 saturated heterocycles. The summed E-state index contributed by atoms with van der Waals surface area (Å²) >= 11 is 6.20. The Labute approximate surface area is 162 Å². The van der Waals surface area contributed by atoms with E-state index in [1.165, 1.54) is 0 Å². The van der Waals surface area contributed by atoms with Gasteiger partial charge in [0.25, 0.3) is 0 Å². The molecule has 0 aliphatic heterocycles. The van der Waals surface area contributed by atoms with Gasteiger partial charge in [0, 0.05) is 15.5 Å². The second-order valence-electron chi connectivity index (χ2n) is 3.62. The second-order valence-corrected chi connectivity index (χ2v) is 8.83. The van der Waals surface area contributed by atoms with Crippen molar-refractivity contribution >= 4 is 89.7 Å². The molecule has 0 fully saturated rings. The van der Waals surface area contributed by atoms with Gasteiger partial charge in [-0.2, -0.15) is 4.40 Å². The minimum absolute atomic E-state index is 0.388. The number of carbonyl (C=O) groups is 1. The summed E-state index contributed by atoms with van der Waals surface area (Å²) in [5, 5.41) is 11.1. The Morgan fingerprint density at radius 2 is 1.76 bits per heavy atom. The molecular weight excluding hydrogens is 639 g/mol. The van der Waals surface area contributed by atoms with E-state index in [9.17, 15) is 18.3 Å². The molecule has 0 aliphatic rings. The Kier molecular flexibility index (Phi) is 7.32. The highest BCUT2D eigenvalue weighted by Gasteiger charge is 2.11. The predicted molar refractivity (Wildman–Crippen MR) is 102 cm³/mol. The van der Waals surface area contributed by atoms with Gasteiger partial charge in [0.1, 0.15) is 0 Å². The third kappa shape index (κ3) is 7.23. The van der Waals surface area contributed by atoms with Crippen molar-refractivity contribution in [1.29, 1.82) is 0 Å². The van der Waals surface area contributed by atoms with Crippen molar-refractivity contribution in [2.45, 2.75) is 0 Å². The zero-order chi connectivity index (χ0) is 16.2. The van der Waals surface area contributed by atoms with Gasteiger partial charge in [-0.3, -0.25) is 0 Å². The van der Waals surface area contributed by atoms with E-state index < -0.39 is 21.9 Å². The van der Waals surface area contributed by atoms with Gasteiger partial charge in [-0.15, -0.1) is 0 Å². The first kappa shape index (κ1) is 19.1. The van der Waals surface area contributed by atoms with Crippen LogP contribution in [0.25, 0.3) is 0 Å². The van der Waals surface area contributed by atoms with E-state index in [1.807, 2.05) is 57.3 Å². The second kappa shape index (κ2) is 8.05. The molecule has 0 N–H and O–H groups in total. The minimum Gasteiger partial charge on any atom is -0.858 e. The van der Waals surface area contributed by atoms with Crippen LogP contribution in [0, 0.1) is 10.7 Å². The molecule has 0 aromatic heterocycles. The highest BCUT2D eigenvalue weighted by atomic mass is 127. The summed E-state index contributed by atoms with van der Waals surface area (Å²) in [4.78, 5) is 11.6. The number of rotatable bonds is 4. The van der Waals surface area contributed by atoms with E-state index in [0.29, 0.717) is 5.75 Å². The number of hydrogen-bond acceptors (Lipinski definition) is 5. The number of ether oxygens (including phenoxy) is 1. The van der Waals surface area contributed by atoms with Crippen LogP contribution in [-0.2, 0) is 14.8 Å². The normalized spacial score (nSPS) is 12.7. The molecule has 1 aromatic carbocycles. The average Bonchev–Trinajstić information content (AvgIpc) is 2.29. The van der Waals surface area contributed by atoms with Gasteiger partial charge in [0.05, 0.1) is 13.4 Å². The number of esters is 1. The topological polar surface area (TPSA) is 95.9 Å². The number of benzene rings is 1. The number of sulfonamides is 1. The molecular formula is C11H7I3NO5S-. The monoisotopic (exact) mass is 646 g/mol. The zero-order valence-electron chi connectivity index (χ0n) is 10.3. The van der Waals surface area contributed by atoms with Crippen LogP contribution in [0.4, 0.5) is 0 Å². The molecule has 21 heavy (non-hydrogen) atoms. The van der Waals surface area contributed by atoms with Crippen molar-refractivity contribution in [2.24, 2.45) is 4.40 Å². The van der Waals surface area contributed by atoms with Gasteiger partial charge in [0.2, 0.25) is 10.0 Å². The standard InChI is InChI=1S/C11H8I3NO5S/c1-21(18,19)15-9(16)2-3-10(17)20-11-7(13)4-6(12)5-8(11)14/h2-5H,1H3,(H,15,16)/p-1/b3-2+. The van der Waals surface area contributed by atoms with Gasteiger partial charge in [-0.05, 0) is 86.0 Å². The number of hydrogen-bond donors (Lipinski definition) is 0. The van der Waals surface area contributed by atoms with Gasteiger partial charge in [-0.25, -0.2) is 13.2 Å². The fraction of sp³-hybridized carbons (Fsp3) is 0.0909. The zero-order valence-corrected chi connectivity index (χ0v) is 17.6. The first-order valence-electron chi connectivity index (χ1n) is 5.10. The first-order chi connectivity index (χ1) is 9.58. The summed E-state index contributed by atoms with van der Waals surface area (Å²) in [5.74, 6) is -1.44. The Morgan fingerprint density at radius 1 is 1.24 bits per heavy atom. The van der Waals surface area contributed by atoms with Crippen molar-refractivity contribution in [1.82, 2.24) is 0 Å². The Hall–Kier alpha value is 0.0400. The van der Waals surface area contributed by atoms with E-state index >= 15 is 0 Å². The lowest BCUT2D eigenvalue weighted by atomic mass is 10.3. The maximum Gasteiger partial charge on any atom is 0.336 e. The third-order valence-corrected chi connectivity index (χ3v) is 4.52. The summed E-state index contributed by atoms with van der Waals surface area (Å²) in [5.41, 5.74) is 0. The highest BCUT2D eigenvalue weighted by Crippen LogP contribution is 2.29. The van der Waals surface area contributed by atoms with Crippen molar-refractivity contribution in [2.75, 3.05) is 6.26 Å². The van der Waals surface area contributed by atoms with Crippen LogP contribution < -0.4 is 9.84 Å². The van der Waals surface area contributed by atoms with Crippen LogP contribution in [0.5, 0.6) is 5.75 Å². The smallest absolute Gasteiger partial charge is 0.336 e. The largest absolute Gasteiger partial charge is 0.858 e. The summed E-state index contributed by atoms with van der Waals surface area (Å²) < 4.78 is 32.0. The van der Waals surface area contributed by atoms with Crippen molar-refractivity contribution < 1.29 is 23.1 Å². The molecule has 0 heterocycles. The van der Waals surface area contributed by atoms with Crippen LogP contribution in [0.3, 0.4) is 0 Å². The molecule has 0 atom stereocenters. The molecule has 114 valence electrons. The van der Waals surface area contributed by atoms with Crippen molar-refractivity contribution in [3.05, 3.63) is 35.0 Å². The highest BCUT2D eigenvalue weighted by molar-refractivity contribution is 14.1. The van der Waals surface area contributed by atoms with E-state index in [-0.39, 0.29) is 0 Å². The lowest BCUT2D eigenvalue weighted by Gasteiger charge is -2.08. The first-order valence-corrected chi connectivity index (χ1v) is 10.2. The van der Waals surface area contributed by atoms with E-state index in [1.54, 1.807) is 0 Å². The third-order valence-electron chi connectivity index (χ3n) is 1.78. The SMILES string of the molecule is CS(=O)(=O)/N=C([O-])\C=C\C(=O)Oc1c(I)cc(I)cc1I. The van der Waals surface area contributed by atoms with Crippen LogP contribution in [-0.4, -0.2) is 26.5 Å². The van der Waals surface area contributed by atoms with Gasteiger partial charge < -0.3 is 9.84 Å². The molecule has 0 spiro atoms. The lowest BCUT2D eigenvalue weighted by molar-refractivity contribution is -0.211. The quantitative estimate of drug-likeness (QED) is 0.124. The Balaban J connectivity index is 2.87. The molecule has 1 rings (SSSR count). The van der Waals surface area contributed by atoms with Crippen LogP contribution in [0.2, 0.25) is 0 Å². The minimum atomic E-state index is -3.78. The lowest BCUT2D eigenvalue weighted by Crippen LogP contribution is -2.17. The van der Waals surface area contributed by atoms with Crippen LogP contribution in [0.15, 0.2) is 28.7 Å². The molecule has 10 heteroatoms. The summed E-state index contributed by atoms with van der Waals surface area (Å²) in [6.07, 6.45) is 2.37. The molecule has 0 saturated carbocycles. The van der Waals surface area contributed by atoms with Crippen molar-refractivity contribution in [3.8, 4) is 5.75 Å². The van der Waals surface area contributed by atoms with E-state index in [4.69, 9.17) is 4.74 Å². The number of carbonyl (C=O) groups excluding carboxylic acids is 1. The molecule has 0 amide bonds. The maximum absolute atomic E-state index is 11.6. The molecule has 0 aliphatic carbocycles. The van der Waals surface area contributed by atoms with Gasteiger partial charge >= 0.3 is 5.97 Å². The molecule has 0 radical (unpaired) electrons. The Bertz CT molecular complexity index is 704. The summed E-state index contributed by atoms with van der Waals surface area (Å²) in [6.45, 7) is 0. The molecule has 1 aromatic rings. The van der Waals surface area contributed by atoms with E-state index in [0.717, 1.165) is 29.1 Å². The van der Waals surface area contributed by atoms with Crippen LogP contribution in [0.1, 0.15) is 0 Å².